The van der Waals surface area contributed by atoms with Gasteiger partial charge in [0.15, 0.2) is 0 Å². The number of rotatable bonds is 1. The third-order valence-corrected chi connectivity index (χ3v) is 2.17. The Kier molecular flexibility index (Phi) is 3.21. The van der Waals surface area contributed by atoms with E-state index in [4.69, 9.17) is 0 Å². The quantitative estimate of drug-likeness (QED) is 0.695. The summed E-state index contributed by atoms with van der Waals surface area (Å²) in [6, 6.07) is -0.825. The summed E-state index contributed by atoms with van der Waals surface area (Å²) in [5.41, 5.74) is 0. The van der Waals surface area contributed by atoms with E-state index in [-0.39, 0.29) is 13.1 Å². The fourth-order valence-corrected chi connectivity index (χ4v) is 1.40. The minimum atomic E-state index is -4.52. The summed E-state index contributed by atoms with van der Waals surface area (Å²) in [4.78, 5) is 23.2. The van der Waals surface area contributed by atoms with E-state index >= 15 is 0 Å². The predicted octanol–water partition coefficient (Wildman–Crippen LogP) is 0.286. The molecule has 1 N–H and O–H groups in total. The molecule has 1 rings (SSSR count). The van der Waals surface area contributed by atoms with Crippen molar-refractivity contribution in [3.8, 4) is 0 Å². The van der Waals surface area contributed by atoms with Gasteiger partial charge in [-0.3, -0.25) is 9.59 Å². The third-order valence-electron chi connectivity index (χ3n) is 2.17. The Bertz CT molecular complexity index is 278. The van der Waals surface area contributed by atoms with Crippen LogP contribution in [-0.4, -0.2) is 42.0 Å². The number of hydrogen-bond donors (Lipinski definition) is 1. The first kappa shape index (κ1) is 11.8. The molecule has 0 aliphatic carbocycles. The Morgan fingerprint density at radius 3 is 2.73 bits per heavy atom. The van der Waals surface area contributed by atoms with Gasteiger partial charge in [0.25, 0.3) is 0 Å². The second-order valence-electron chi connectivity index (χ2n) is 3.35. The zero-order chi connectivity index (χ0) is 11.6. The van der Waals surface area contributed by atoms with Crippen molar-refractivity contribution in [2.45, 2.75) is 25.6 Å². The molecule has 1 fully saturated rings. The summed E-state index contributed by atoms with van der Waals surface area (Å²) in [7, 11) is 0. The van der Waals surface area contributed by atoms with Crippen molar-refractivity contribution < 1.29 is 22.8 Å². The van der Waals surface area contributed by atoms with E-state index in [0.717, 1.165) is 4.90 Å². The van der Waals surface area contributed by atoms with Crippen LogP contribution in [0.2, 0.25) is 0 Å². The van der Waals surface area contributed by atoms with E-state index in [1.807, 2.05) is 0 Å². The van der Waals surface area contributed by atoms with E-state index in [1.54, 1.807) is 0 Å². The first-order valence-corrected chi connectivity index (χ1v) is 4.45. The molecule has 15 heavy (non-hydrogen) atoms. The molecule has 1 unspecified atom stereocenters. The topological polar surface area (TPSA) is 49.4 Å². The van der Waals surface area contributed by atoms with E-state index in [1.165, 1.54) is 6.92 Å². The summed E-state index contributed by atoms with van der Waals surface area (Å²) < 4.78 is 35.8. The van der Waals surface area contributed by atoms with Gasteiger partial charge in [-0.05, 0) is 6.92 Å². The number of carbonyl (C=O) groups is 2. The zero-order valence-electron chi connectivity index (χ0n) is 8.10. The number of nitrogens with zero attached hydrogens (tertiary/aromatic N) is 1. The molecule has 0 aromatic heterocycles. The van der Waals surface area contributed by atoms with Crippen molar-refractivity contribution in [2.24, 2.45) is 0 Å². The molecule has 2 amide bonds. The number of piperazine rings is 1. The molecule has 0 bridgehead atoms. The molecular weight excluding hydrogens is 213 g/mol. The summed E-state index contributed by atoms with van der Waals surface area (Å²) in [5.74, 6) is -1.47. The lowest BCUT2D eigenvalue weighted by atomic mass is 10.2. The van der Waals surface area contributed by atoms with E-state index in [0.29, 0.717) is 0 Å². The highest BCUT2D eigenvalue weighted by molar-refractivity contribution is 5.88. The van der Waals surface area contributed by atoms with Crippen LogP contribution in [0.15, 0.2) is 0 Å². The Hall–Kier alpha value is -1.27. The van der Waals surface area contributed by atoms with Gasteiger partial charge in [0.2, 0.25) is 11.8 Å². The molecule has 1 saturated heterocycles. The molecule has 0 aromatic rings. The van der Waals surface area contributed by atoms with Crippen LogP contribution in [0.5, 0.6) is 0 Å². The lowest BCUT2D eigenvalue weighted by molar-refractivity contribution is -0.165. The molecule has 0 radical (unpaired) electrons. The zero-order valence-corrected chi connectivity index (χ0v) is 8.10. The van der Waals surface area contributed by atoms with Crippen LogP contribution < -0.4 is 5.32 Å². The van der Waals surface area contributed by atoms with Crippen molar-refractivity contribution in [2.75, 3.05) is 13.1 Å². The van der Waals surface area contributed by atoms with Gasteiger partial charge in [-0.15, -0.1) is 0 Å². The molecule has 1 heterocycles. The van der Waals surface area contributed by atoms with E-state index in [2.05, 4.69) is 5.32 Å². The molecule has 0 spiro atoms. The van der Waals surface area contributed by atoms with Crippen molar-refractivity contribution in [3.63, 3.8) is 0 Å². The van der Waals surface area contributed by atoms with Gasteiger partial charge in [-0.1, -0.05) is 0 Å². The molecule has 86 valence electrons. The minimum Gasteiger partial charge on any atom is -0.353 e. The molecular formula is C8H11F3N2O2. The van der Waals surface area contributed by atoms with Gasteiger partial charge >= 0.3 is 6.18 Å². The molecule has 4 nitrogen and oxygen atoms in total. The highest BCUT2D eigenvalue weighted by Crippen LogP contribution is 2.21. The number of halogens is 3. The largest absolute Gasteiger partial charge is 0.397 e. The highest BCUT2D eigenvalue weighted by Gasteiger charge is 2.37. The van der Waals surface area contributed by atoms with Crippen LogP contribution in [0.25, 0.3) is 0 Å². The minimum absolute atomic E-state index is 0.127. The average Bonchev–Trinajstić information content (AvgIpc) is 2.06. The van der Waals surface area contributed by atoms with Gasteiger partial charge in [-0.25, -0.2) is 0 Å². The number of hydrogen-bond acceptors (Lipinski definition) is 2. The smallest absolute Gasteiger partial charge is 0.353 e. The summed E-state index contributed by atoms with van der Waals surface area (Å²) in [6.45, 7) is 1.73. The van der Waals surface area contributed by atoms with Crippen LogP contribution in [0.1, 0.15) is 13.3 Å². The van der Waals surface area contributed by atoms with Crippen LogP contribution in [0, 0.1) is 0 Å². The lowest BCUT2D eigenvalue weighted by Crippen LogP contribution is -2.56. The first-order valence-electron chi connectivity index (χ1n) is 4.45. The predicted molar refractivity (Wildman–Crippen MR) is 44.9 cm³/mol. The standard InChI is InChI=1S/C8H11F3N2O2/c1-5-7(15)12-2-3-13(5)6(14)4-8(9,10)11/h5H,2-4H2,1H3,(H,12,15). The summed E-state index contributed by atoms with van der Waals surface area (Å²) in [6.07, 6.45) is -6.03. The first-order chi connectivity index (χ1) is 6.81. The van der Waals surface area contributed by atoms with E-state index < -0.39 is 30.5 Å². The molecule has 0 saturated carbocycles. The highest BCUT2D eigenvalue weighted by atomic mass is 19.4. The lowest BCUT2D eigenvalue weighted by Gasteiger charge is -2.33. The van der Waals surface area contributed by atoms with Crippen LogP contribution in [0.3, 0.4) is 0 Å². The SMILES string of the molecule is CC1C(=O)NCCN1C(=O)CC(F)(F)F. The fourth-order valence-electron chi connectivity index (χ4n) is 1.40. The van der Waals surface area contributed by atoms with Gasteiger partial charge in [0.1, 0.15) is 12.5 Å². The average molecular weight is 224 g/mol. The Morgan fingerprint density at radius 2 is 2.20 bits per heavy atom. The normalized spacial score (nSPS) is 22.5. The summed E-state index contributed by atoms with van der Waals surface area (Å²) in [5, 5.41) is 2.47. The van der Waals surface area contributed by atoms with Crippen LogP contribution >= 0.6 is 0 Å². The monoisotopic (exact) mass is 224 g/mol. The van der Waals surface area contributed by atoms with Crippen molar-refractivity contribution in [1.82, 2.24) is 10.2 Å². The summed E-state index contributed by atoms with van der Waals surface area (Å²) >= 11 is 0. The number of nitrogens with one attached hydrogen (secondary N) is 1. The Balaban J connectivity index is 2.63. The van der Waals surface area contributed by atoms with Crippen LogP contribution in [-0.2, 0) is 9.59 Å². The Morgan fingerprint density at radius 1 is 1.60 bits per heavy atom. The molecule has 0 aromatic carbocycles. The van der Waals surface area contributed by atoms with Crippen molar-refractivity contribution in [1.29, 1.82) is 0 Å². The van der Waals surface area contributed by atoms with Gasteiger partial charge in [0, 0.05) is 13.1 Å². The maximum absolute atomic E-state index is 11.9. The number of amides is 2. The molecule has 1 atom stereocenters. The van der Waals surface area contributed by atoms with Crippen molar-refractivity contribution >= 4 is 11.8 Å². The number of alkyl halides is 3. The van der Waals surface area contributed by atoms with Gasteiger partial charge < -0.3 is 10.2 Å². The number of carbonyl (C=O) groups excluding carboxylic acids is 2. The fraction of sp³-hybridized carbons (Fsp3) is 0.750. The molecule has 1 aliphatic heterocycles. The van der Waals surface area contributed by atoms with Crippen LogP contribution in [0.4, 0.5) is 13.2 Å². The maximum atomic E-state index is 11.9. The molecule has 7 heteroatoms. The molecule has 1 aliphatic rings. The van der Waals surface area contributed by atoms with Gasteiger partial charge in [-0.2, -0.15) is 13.2 Å². The van der Waals surface area contributed by atoms with E-state index in [9.17, 15) is 22.8 Å². The maximum Gasteiger partial charge on any atom is 0.397 e. The van der Waals surface area contributed by atoms with Gasteiger partial charge in [0.05, 0.1) is 0 Å². The van der Waals surface area contributed by atoms with Crippen molar-refractivity contribution in [3.05, 3.63) is 0 Å². The third kappa shape index (κ3) is 3.10. The second kappa shape index (κ2) is 4.08. The second-order valence-corrected chi connectivity index (χ2v) is 3.35. The Labute approximate surface area is 84.4 Å².